The molecular formula is C10H14N2O5S2. The summed E-state index contributed by atoms with van der Waals surface area (Å²) in [5.74, 6) is 0. The first-order valence-electron chi connectivity index (χ1n) is 5.52. The molecule has 9 heteroatoms. The van der Waals surface area contributed by atoms with E-state index in [9.17, 15) is 16.8 Å². The number of nitrogens with zero attached hydrogens (tertiary/aromatic N) is 1. The Bertz CT molecular complexity index is 646. The molecule has 0 bridgehead atoms. The average Bonchev–Trinajstić information content (AvgIpc) is 2.39. The minimum Gasteiger partial charge on any atom is -0.379 e. The molecular weight excluding hydrogens is 292 g/mol. The Kier molecular flexibility index (Phi) is 3.92. The highest BCUT2D eigenvalue weighted by Crippen LogP contribution is 2.18. The largest absolute Gasteiger partial charge is 0.379 e. The Morgan fingerprint density at radius 2 is 1.42 bits per heavy atom. The second kappa shape index (κ2) is 5.17. The summed E-state index contributed by atoms with van der Waals surface area (Å²) in [6.45, 7) is 1.29. The van der Waals surface area contributed by atoms with Crippen molar-refractivity contribution in [3.05, 3.63) is 24.3 Å². The van der Waals surface area contributed by atoms with Crippen LogP contribution in [0.4, 0.5) is 0 Å². The highest BCUT2D eigenvalue weighted by Gasteiger charge is 2.26. The van der Waals surface area contributed by atoms with E-state index in [1.54, 1.807) is 0 Å². The Morgan fingerprint density at radius 3 is 1.89 bits per heavy atom. The lowest BCUT2D eigenvalue weighted by molar-refractivity contribution is 0.0730. The molecule has 0 unspecified atom stereocenters. The van der Waals surface area contributed by atoms with E-state index in [0.29, 0.717) is 26.3 Å². The number of primary sulfonamides is 1. The summed E-state index contributed by atoms with van der Waals surface area (Å²) < 4.78 is 53.1. The lowest BCUT2D eigenvalue weighted by atomic mass is 10.4. The van der Waals surface area contributed by atoms with Crippen LogP contribution in [0.15, 0.2) is 34.1 Å². The quantitative estimate of drug-likeness (QED) is 0.799. The number of morpholine rings is 1. The topological polar surface area (TPSA) is 107 Å². The first-order valence-corrected chi connectivity index (χ1v) is 8.51. The Hall–Kier alpha value is -1.00. The van der Waals surface area contributed by atoms with Crippen LogP contribution >= 0.6 is 0 Å². The summed E-state index contributed by atoms with van der Waals surface area (Å²) in [6.07, 6.45) is 0. The molecule has 0 atom stereocenters. The van der Waals surface area contributed by atoms with Crippen LogP contribution in [0.2, 0.25) is 0 Å². The van der Waals surface area contributed by atoms with Crippen LogP contribution in [0.5, 0.6) is 0 Å². The van der Waals surface area contributed by atoms with Crippen molar-refractivity contribution in [2.24, 2.45) is 5.14 Å². The van der Waals surface area contributed by atoms with E-state index in [1.807, 2.05) is 0 Å². The molecule has 1 saturated heterocycles. The van der Waals surface area contributed by atoms with Crippen LogP contribution in [-0.4, -0.2) is 47.4 Å². The fourth-order valence-corrected chi connectivity index (χ4v) is 3.66. The van der Waals surface area contributed by atoms with Gasteiger partial charge in [-0.25, -0.2) is 22.0 Å². The predicted molar refractivity (Wildman–Crippen MR) is 67.4 cm³/mol. The Balaban J connectivity index is 2.31. The number of hydrogen-bond donors (Lipinski definition) is 1. The number of sulfonamides is 2. The van der Waals surface area contributed by atoms with Gasteiger partial charge in [0, 0.05) is 13.1 Å². The van der Waals surface area contributed by atoms with E-state index < -0.39 is 20.0 Å². The maximum atomic E-state index is 12.2. The molecule has 1 aromatic carbocycles. The summed E-state index contributed by atoms with van der Waals surface area (Å²) in [6, 6.07) is 4.85. The second-order valence-electron chi connectivity index (χ2n) is 4.03. The first kappa shape index (κ1) is 14.4. The SMILES string of the molecule is NS(=O)(=O)c1ccc(S(=O)(=O)N2CCOCC2)cc1. The third kappa shape index (κ3) is 3.12. The van der Waals surface area contributed by atoms with E-state index in [1.165, 1.54) is 28.6 Å². The summed E-state index contributed by atoms with van der Waals surface area (Å²) in [5, 5.41) is 4.95. The molecule has 19 heavy (non-hydrogen) atoms. The molecule has 1 aliphatic heterocycles. The fourth-order valence-electron chi connectivity index (χ4n) is 1.74. The Morgan fingerprint density at radius 1 is 0.947 bits per heavy atom. The average molecular weight is 306 g/mol. The third-order valence-corrected chi connectivity index (χ3v) is 5.60. The molecule has 0 aliphatic carbocycles. The molecule has 0 spiro atoms. The molecule has 0 saturated carbocycles. The van der Waals surface area contributed by atoms with Crippen molar-refractivity contribution in [1.82, 2.24) is 4.31 Å². The smallest absolute Gasteiger partial charge is 0.243 e. The number of nitrogens with two attached hydrogens (primary N) is 1. The molecule has 0 radical (unpaired) electrons. The summed E-state index contributed by atoms with van der Waals surface area (Å²) in [4.78, 5) is -0.0739. The van der Waals surface area contributed by atoms with E-state index in [2.05, 4.69) is 0 Å². The molecule has 0 aromatic heterocycles. The lowest BCUT2D eigenvalue weighted by Gasteiger charge is -2.26. The van der Waals surface area contributed by atoms with Crippen LogP contribution in [0.3, 0.4) is 0 Å². The standard InChI is InChI=1S/C10H14N2O5S2/c11-18(13,14)9-1-3-10(4-2-9)19(15,16)12-5-7-17-8-6-12/h1-4H,5-8H2,(H2,11,13,14). The van der Waals surface area contributed by atoms with Crippen molar-refractivity contribution < 1.29 is 21.6 Å². The third-order valence-electron chi connectivity index (χ3n) is 2.76. The van der Waals surface area contributed by atoms with Gasteiger partial charge in [0.1, 0.15) is 0 Å². The van der Waals surface area contributed by atoms with E-state index in [0.717, 1.165) is 0 Å². The first-order chi connectivity index (χ1) is 8.82. The van der Waals surface area contributed by atoms with Gasteiger partial charge in [-0.3, -0.25) is 0 Å². The zero-order valence-corrected chi connectivity index (χ0v) is 11.7. The molecule has 106 valence electrons. The van der Waals surface area contributed by atoms with Gasteiger partial charge in [-0.1, -0.05) is 0 Å². The highest BCUT2D eigenvalue weighted by molar-refractivity contribution is 7.89. The molecule has 2 N–H and O–H groups in total. The number of benzene rings is 1. The van der Waals surface area contributed by atoms with Crippen LogP contribution in [0.25, 0.3) is 0 Å². The molecule has 1 heterocycles. The van der Waals surface area contributed by atoms with Gasteiger partial charge >= 0.3 is 0 Å². The van der Waals surface area contributed by atoms with E-state index in [-0.39, 0.29) is 9.79 Å². The van der Waals surface area contributed by atoms with Gasteiger partial charge in [0.25, 0.3) is 0 Å². The van der Waals surface area contributed by atoms with Gasteiger partial charge in [-0.2, -0.15) is 4.31 Å². The Labute approximate surface area is 112 Å². The molecule has 1 aromatic rings. The summed E-state index contributed by atoms with van der Waals surface area (Å²) >= 11 is 0. The van der Waals surface area contributed by atoms with Gasteiger partial charge in [0.05, 0.1) is 23.0 Å². The maximum absolute atomic E-state index is 12.2. The molecule has 1 aliphatic rings. The second-order valence-corrected chi connectivity index (χ2v) is 7.53. The minimum absolute atomic E-state index is 0.0433. The zero-order chi connectivity index (χ0) is 14.1. The normalized spacial score (nSPS) is 18.4. The van der Waals surface area contributed by atoms with Crippen molar-refractivity contribution in [3.8, 4) is 0 Å². The van der Waals surface area contributed by atoms with Crippen LogP contribution in [-0.2, 0) is 24.8 Å². The van der Waals surface area contributed by atoms with Gasteiger partial charge in [-0.05, 0) is 24.3 Å². The van der Waals surface area contributed by atoms with Gasteiger partial charge in [0.2, 0.25) is 20.0 Å². The monoisotopic (exact) mass is 306 g/mol. The zero-order valence-electron chi connectivity index (χ0n) is 10.0. The van der Waals surface area contributed by atoms with Crippen LogP contribution < -0.4 is 5.14 Å². The van der Waals surface area contributed by atoms with Crippen LogP contribution in [0, 0.1) is 0 Å². The molecule has 0 amide bonds. The predicted octanol–water partition coefficient (Wildman–Crippen LogP) is -0.645. The molecule has 1 fully saturated rings. The van der Waals surface area contributed by atoms with Crippen molar-refractivity contribution in [3.63, 3.8) is 0 Å². The number of ether oxygens (including phenoxy) is 1. The fraction of sp³-hybridized carbons (Fsp3) is 0.400. The summed E-state index contributed by atoms with van der Waals surface area (Å²) in [7, 11) is -7.42. The van der Waals surface area contributed by atoms with Crippen molar-refractivity contribution >= 4 is 20.0 Å². The maximum Gasteiger partial charge on any atom is 0.243 e. The molecule has 2 rings (SSSR count). The van der Waals surface area contributed by atoms with Crippen molar-refractivity contribution in [2.75, 3.05) is 26.3 Å². The van der Waals surface area contributed by atoms with Crippen LogP contribution in [0.1, 0.15) is 0 Å². The molecule has 7 nitrogen and oxygen atoms in total. The van der Waals surface area contributed by atoms with Gasteiger partial charge in [-0.15, -0.1) is 0 Å². The van der Waals surface area contributed by atoms with Crippen molar-refractivity contribution in [2.45, 2.75) is 9.79 Å². The minimum atomic E-state index is -3.82. The van der Waals surface area contributed by atoms with Gasteiger partial charge in [0.15, 0.2) is 0 Å². The van der Waals surface area contributed by atoms with E-state index >= 15 is 0 Å². The number of rotatable bonds is 3. The van der Waals surface area contributed by atoms with Gasteiger partial charge < -0.3 is 4.74 Å². The lowest BCUT2D eigenvalue weighted by Crippen LogP contribution is -2.40. The summed E-state index contributed by atoms with van der Waals surface area (Å²) in [5.41, 5.74) is 0. The van der Waals surface area contributed by atoms with Crippen molar-refractivity contribution in [1.29, 1.82) is 0 Å². The van der Waals surface area contributed by atoms with E-state index in [4.69, 9.17) is 9.88 Å². The number of hydrogen-bond acceptors (Lipinski definition) is 5. The highest BCUT2D eigenvalue weighted by atomic mass is 32.2.